The van der Waals surface area contributed by atoms with Crippen molar-refractivity contribution in [2.24, 2.45) is 0 Å². The van der Waals surface area contributed by atoms with Crippen molar-refractivity contribution >= 4 is 41.9 Å². The van der Waals surface area contributed by atoms with Crippen LogP contribution in [-0.4, -0.2) is 39.5 Å². The zero-order chi connectivity index (χ0) is 13.8. The molecule has 0 fully saturated rings. The SMILES string of the molecule is CCOCCN(C)S(=O)(=O)c1cc(Br)ccc1Br. The molecule has 0 heterocycles. The van der Waals surface area contributed by atoms with Crippen LogP contribution in [0.15, 0.2) is 32.0 Å². The van der Waals surface area contributed by atoms with Crippen LogP contribution in [0.4, 0.5) is 0 Å². The molecule has 0 radical (unpaired) electrons. The fraction of sp³-hybridized carbons (Fsp3) is 0.455. The molecule has 1 aromatic rings. The predicted octanol–water partition coefficient (Wildman–Crippen LogP) is 2.87. The maximum atomic E-state index is 12.3. The first-order valence-corrected chi connectivity index (χ1v) is 8.41. The molecule has 0 atom stereocenters. The number of nitrogens with zero attached hydrogens (tertiary/aromatic N) is 1. The highest BCUT2D eigenvalue weighted by molar-refractivity contribution is 9.11. The second-order valence-corrected chi connectivity index (χ2v) is 7.38. The summed E-state index contributed by atoms with van der Waals surface area (Å²) in [7, 11) is -1.95. The van der Waals surface area contributed by atoms with E-state index in [0.717, 1.165) is 4.47 Å². The summed E-state index contributed by atoms with van der Waals surface area (Å²) in [6.07, 6.45) is 0. The van der Waals surface area contributed by atoms with E-state index in [9.17, 15) is 8.42 Å². The Balaban J connectivity index is 2.95. The largest absolute Gasteiger partial charge is 0.380 e. The molecule has 0 N–H and O–H groups in total. The summed E-state index contributed by atoms with van der Waals surface area (Å²) in [4.78, 5) is 0.246. The lowest BCUT2D eigenvalue weighted by Crippen LogP contribution is -2.30. The van der Waals surface area contributed by atoms with Gasteiger partial charge in [-0.25, -0.2) is 8.42 Å². The first-order valence-electron chi connectivity index (χ1n) is 5.38. The van der Waals surface area contributed by atoms with Crippen LogP contribution in [0.3, 0.4) is 0 Å². The van der Waals surface area contributed by atoms with Crippen molar-refractivity contribution in [2.45, 2.75) is 11.8 Å². The van der Waals surface area contributed by atoms with Gasteiger partial charge in [0.25, 0.3) is 0 Å². The number of rotatable bonds is 6. The highest BCUT2D eigenvalue weighted by Crippen LogP contribution is 2.27. The molecule has 0 spiro atoms. The Morgan fingerprint density at radius 3 is 2.61 bits per heavy atom. The van der Waals surface area contributed by atoms with E-state index in [1.807, 2.05) is 6.92 Å². The smallest absolute Gasteiger partial charge is 0.244 e. The monoisotopic (exact) mass is 399 g/mol. The zero-order valence-electron chi connectivity index (χ0n) is 10.2. The molecule has 0 amide bonds. The van der Waals surface area contributed by atoms with Crippen molar-refractivity contribution in [3.8, 4) is 0 Å². The molecular formula is C11H15Br2NO3S. The van der Waals surface area contributed by atoms with Gasteiger partial charge in [-0.3, -0.25) is 0 Å². The Kier molecular flexibility index (Phi) is 6.26. The first-order chi connectivity index (χ1) is 8.39. The Hall–Kier alpha value is 0.0500. The molecule has 102 valence electrons. The van der Waals surface area contributed by atoms with Gasteiger partial charge < -0.3 is 4.74 Å². The topological polar surface area (TPSA) is 46.6 Å². The number of halogens is 2. The van der Waals surface area contributed by atoms with Crippen LogP contribution in [0.1, 0.15) is 6.92 Å². The average Bonchev–Trinajstić information content (AvgIpc) is 2.32. The fourth-order valence-corrected chi connectivity index (χ4v) is 3.91. The molecule has 0 unspecified atom stereocenters. The van der Waals surface area contributed by atoms with Crippen molar-refractivity contribution in [2.75, 3.05) is 26.8 Å². The quantitative estimate of drug-likeness (QED) is 0.689. The van der Waals surface area contributed by atoms with Gasteiger partial charge in [0.15, 0.2) is 0 Å². The summed E-state index contributed by atoms with van der Waals surface area (Å²) in [5.74, 6) is 0. The molecule has 0 aromatic heterocycles. The molecular weight excluding hydrogens is 386 g/mol. The van der Waals surface area contributed by atoms with Gasteiger partial charge in [0.1, 0.15) is 0 Å². The Morgan fingerprint density at radius 1 is 1.33 bits per heavy atom. The van der Waals surface area contributed by atoms with Gasteiger partial charge in [-0.2, -0.15) is 4.31 Å². The van der Waals surface area contributed by atoms with Gasteiger partial charge in [-0.15, -0.1) is 0 Å². The van der Waals surface area contributed by atoms with Gasteiger partial charge in [0.05, 0.1) is 11.5 Å². The normalized spacial score (nSPS) is 12.1. The average molecular weight is 401 g/mol. The molecule has 0 saturated carbocycles. The van der Waals surface area contributed by atoms with Gasteiger partial charge in [0.2, 0.25) is 10.0 Å². The summed E-state index contributed by atoms with van der Waals surface area (Å²) in [5, 5.41) is 0. The van der Waals surface area contributed by atoms with E-state index in [4.69, 9.17) is 4.74 Å². The lowest BCUT2D eigenvalue weighted by atomic mass is 10.4. The van der Waals surface area contributed by atoms with E-state index in [1.165, 1.54) is 4.31 Å². The van der Waals surface area contributed by atoms with Crippen LogP contribution in [0.5, 0.6) is 0 Å². The fourth-order valence-electron chi connectivity index (χ4n) is 1.30. The number of sulfonamides is 1. The molecule has 0 saturated heterocycles. The maximum absolute atomic E-state index is 12.3. The number of likely N-dealkylation sites (N-methyl/N-ethyl adjacent to an activating group) is 1. The predicted molar refractivity (Wildman–Crippen MR) is 78.2 cm³/mol. The third kappa shape index (κ3) is 4.03. The number of benzene rings is 1. The molecule has 0 aliphatic carbocycles. The van der Waals surface area contributed by atoms with Crippen LogP contribution >= 0.6 is 31.9 Å². The summed E-state index contributed by atoms with van der Waals surface area (Å²) >= 11 is 6.53. The second-order valence-electron chi connectivity index (χ2n) is 3.60. The maximum Gasteiger partial charge on any atom is 0.244 e. The van der Waals surface area contributed by atoms with Gasteiger partial charge in [-0.05, 0) is 41.1 Å². The summed E-state index contributed by atoms with van der Waals surface area (Å²) in [6.45, 7) is 3.17. The highest BCUT2D eigenvalue weighted by atomic mass is 79.9. The van der Waals surface area contributed by atoms with E-state index in [0.29, 0.717) is 24.2 Å². The molecule has 7 heteroatoms. The van der Waals surface area contributed by atoms with Gasteiger partial charge in [-0.1, -0.05) is 15.9 Å². The minimum Gasteiger partial charge on any atom is -0.380 e. The van der Waals surface area contributed by atoms with Crippen molar-refractivity contribution in [1.29, 1.82) is 0 Å². The molecule has 4 nitrogen and oxygen atoms in total. The van der Waals surface area contributed by atoms with E-state index in [2.05, 4.69) is 31.9 Å². The van der Waals surface area contributed by atoms with Gasteiger partial charge >= 0.3 is 0 Å². The third-order valence-electron chi connectivity index (χ3n) is 2.34. The number of ether oxygens (including phenoxy) is 1. The second kappa shape index (κ2) is 7.00. The summed E-state index contributed by atoms with van der Waals surface area (Å²) in [5.41, 5.74) is 0. The van der Waals surface area contributed by atoms with E-state index >= 15 is 0 Å². The molecule has 18 heavy (non-hydrogen) atoms. The standard InChI is InChI=1S/C11H15Br2NO3S/c1-3-17-7-6-14(2)18(15,16)11-8-9(12)4-5-10(11)13/h4-5,8H,3,6-7H2,1-2H3. The van der Waals surface area contributed by atoms with Crippen LogP contribution < -0.4 is 0 Å². The summed E-state index contributed by atoms with van der Waals surface area (Å²) in [6, 6.07) is 5.06. The minimum absolute atomic E-state index is 0.246. The van der Waals surface area contributed by atoms with Crippen LogP contribution in [0, 0.1) is 0 Å². The molecule has 0 aliphatic heterocycles. The van der Waals surface area contributed by atoms with Gasteiger partial charge in [0, 0.05) is 29.1 Å². The third-order valence-corrected chi connectivity index (χ3v) is 5.68. The van der Waals surface area contributed by atoms with Crippen molar-refractivity contribution in [3.63, 3.8) is 0 Å². The number of hydrogen-bond donors (Lipinski definition) is 0. The number of hydrogen-bond acceptors (Lipinski definition) is 3. The molecule has 1 rings (SSSR count). The van der Waals surface area contributed by atoms with E-state index in [1.54, 1.807) is 25.2 Å². The first kappa shape index (κ1) is 16.1. The molecule has 1 aromatic carbocycles. The van der Waals surface area contributed by atoms with Crippen LogP contribution in [-0.2, 0) is 14.8 Å². The van der Waals surface area contributed by atoms with Crippen LogP contribution in [0.25, 0.3) is 0 Å². The minimum atomic E-state index is -3.50. The molecule has 0 bridgehead atoms. The van der Waals surface area contributed by atoms with E-state index < -0.39 is 10.0 Å². The van der Waals surface area contributed by atoms with E-state index in [-0.39, 0.29) is 4.90 Å². The van der Waals surface area contributed by atoms with Crippen molar-refractivity contribution in [1.82, 2.24) is 4.31 Å². The molecule has 0 aliphatic rings. The van der Waals surface area contributed by atoms with Crippen molar-refractivity contribution in [3.05, 3.63) is 27.1 Å². The Bertz CT molecular complexity index is 505. The lowest BCUT2D eigenvalue weighted by molar-refractivity contribution is 0.138. The zero-order valence-corrected chi connectivity index (χ0v) is 14.2. The van der Waals surface area contributed by atoms with Crippen molar-refractivity contribution < 1.29 is 13.2 Å². The highest BCUT2D eigenvalue weighted by Gasteiger charge is 2.23. The van der Waals surface area contributed by atoms with Crippen LogP contribution in [0.2, 0.25) is 0 Å². The Labute approximate surface area is 125 Å². The lowest BCUT2D eigenvalue weighted by Gasteiger charge is -2.18. The summed E-state index contributed by atoms with van der Waals surface area (Å²) < 4.78 is 32.4. The Morgan fingerprint density at radius 2 is 2.00 bits per heavy atom.